The van der Waals surface area contributed by atoms with Crippen molar-refractivity contribution in [1.29, 1.82) is 5.26 Å². The monoisotopic (exact) mass is 469 g/mol. The van der Waals surface area contributed by atoms with E-state index in [0.29, 0.717) is 48.5 Å². The van der Waals surface area contributed by atoms with Gasteiger partial charge in [0.05, 0.1) is 31.5 Å². The van der Waals surface area contributed by atoms with Crippen molar-refractivity contribution in [3.05, 3.63) is 64.2 Å². The molecule has 2 saturated heterocycles. The molecule has 0 aromatic heterocycles. The van der Waals surface area contributed by atoms with Crippen LogP contribution in [0.5, 0.6) is 5.75 Å². The second-order valence-corrected chi connectivity index (χ2v) is 8.86. The smallest absolute Gasteiger partial charge is 0.127 e. The second kappa shape index (κ2) is 10.8. The molecule has 0 radical (unpaired) electrons. The lowest BCUT2D eigenvalue weighted by atomic mass is 9.88. The van der Waals surface area contributed by atoms with Crippen LogP contribution in [0.15, 0.2) is 36.4 Å². The summed E-state index contributed by atoms with van der Waals surface area (Å²) in [7, 11) is 0. The van der Waals surface area contributed by atoms with E-state index >= 15 is 0 Å². The standard InChI is InChI=1S/C26H31NO7/c1-2-15-3-5-16(6-4-15)9-17-10-20(26-25(31)24(30)23(29)22(13-28)34-26)21(11-18(17)12-27)33-19-7-8-32-14-19/h3-6,10-11,19,22-26,28-31H,2,7-9,13-14H2,1H3/t19-,22-,23-,24+,25-,26+/m1/s1. The zero-order chi connectivity index (χ0) is 24.2. The van der Waals surface area contributed by atoms with Crippen molar-refractivity contribution in [3.63, 3.8) is 0 Å². The van der Waals surface area contributed by atoms with Crippen LogP contribution in [0.1, 0.15) is 47.3 Å². The summed E-state index contributed by atoms with van der Waals surface area (Å²) in [6, 6.07) is 13.8. The molecule has 2 aromatic carbocycles. The van der Waals surface area contributed by atoms with Crippen LogP contribution in [0, 0.1) is 11.3 Å². The maximum Gasteiger partial charge on any atom is 0.127 e. The number of aliphatic hydroxyl groups excluding tert-OH is 4. The molecule has 0 aliphatic carbocycles. The van der Waals surface area contributed by atoms with Gasteiger partial charge < -0.3 is 34.6 Å². The van der Waals surface area contributed by atoms with Gasteiger partial charge in [0.25, 0.3) is 0 Å². The Morgan fingerprint density at radius 1 is 1.06 bits per heavy atom. The molecular formula is C26H31NO7. The molecule has 182 valence electrons. The Morgan fingerprint density at radius 3 is 2.41 bits per heavy atom. The maximum absolute atomic E-state index is 10.8. The van der Waals surface area contributed by atoms with Gasteiger partial charge in [-0.15, -0.1) is 0 Å². The Bertz CT molecular complexity index is 1010. The number of benzene rings is 2. The number of aliphatic hydroxyl groups is 4. The Morgan fingerprint density at radius 2 is 1.79 bits per heavy atom. The molecule has 4 rings (SSSR count). The summed E-state index contributed by atoms with van der Waals surface area (Å²) in [6.07, 6.45) is -4.67. The summed E-state index contributed by atoms with van der Waals surface area (Å²) < 4.78 is 17.4. The van der Waals surface area contributed by atoms with Gasteiger partial charge in [0.15, 0.2) is 0 Å². The van der Waals surface area contributed by atoms with Gasteiger partial charge in [0.1, 0.15) is 42.4 Å². The molecule has 0 spiro atoms. The zero-order valence-corrected chi connectivity index (χ0v) is 19.1. The van der Waals surface area contributed by atoms with Crippen molar-refractivity contribution >= 4 is 0 Å². The fraction of sp³-hybridized carbons (Fsp3) is 0.500. The lowest BCUT2D eigenvalue weighted by molar-refractivity contribution is -0.232. The predicted molar refractivity (Wildman–Crippen MR) is 122 cm³/mol. The van der Waals surface area contributed by atoms with Crippen molar-refractivity contribution in [1.82, 2.24) is 0 Å². The van der Waals surface area contributed by atoms with Gasteiger partial charge in [-0.05, 0) is 41.7 Å². The van der Waals surface area contributed by atoms with E-state index in [2.05, 4.69) is 25.1 Å². The molecule has 2 aliphatic heterocycles. The molecule has 34 heavy (non-hydrogen) atoms. The third kappa shape index (κ3) is 5.10. The number of hydrogen-bond acceptors (Lipinski definition) is 8. The third-order valence-electron chi connectivity index (χ3n) is 6.56. The van der Waals surface area contributed by atoms with Crippen LogP contribution in [-0.2, 0) is 22.3 Å². The number of nitriles is 1. The minimum atomic E-state index is -1.51. The highest BCUT2D eigenvalue weighted by atomic mass is 16.6. The van der Waals surface area contributed by atoms with Gasteiger partial charge in [-0.3, -0.25) is 0 Å². The van der Waals surface area contributed by atoms with E-state index in [4.69, 9.17) is 14.2 Å². The van der Waals surface area contributed by atoms with Crippen molar-refractivity contribution in [2.75, 3.05) is 19.8 Å². The SMILES string of the molecule is CCc1ccc(Cc2cc([C@@H]3O[C@H](CO)[C@@H](O)[C@H](O)[C@H]3O)c(O[C@@H]3CCOC3)cc2C#N)cc1. The predicted octanol–water partition coefficient (Wildman–Crippen LogP) is 1.39. The van der Waals surface area contributed by atoms with Gasteiger partial charge in [-0.2, -0.15) is 5.26 Å². The highest BCUT2D eigenvalue weighted by molar-refractivity contribution is 5.51. The largest absolute Gasteiger partial charge is 0.487 e. The first-order chi connectivity index (χ1) is 16.4. The number of nitrogens with zero attached hydrogens (tertiary/aromatic N) is 1. The normalized spacial score (nSPS) is 29.1. The first kappa shape index (κ1) is 24.6. The lowest BCUT2D eigenvalue weighted by Crippen LogP contribution is -2.55. The Hall–Kier alpha value is -2.51. The Labute approximate surface area is 198 Å². The Kier molecular flexibility index (Phi) is 7.84. The number of hydrogen-bond donors (Lipinski definition) is 4. The summed E-state index contributed by atoms with van der Waals surface area (Å²) in [5.41, 5.74) is 3.83. The minimum Gasteiger partial charge on any atom is -0.487 e. The summed E-state index contributed by atoms with van der Waals surface area (Å²) in [4.78, 5) is 0. The number of aryl methyl sites for hydroxylation is 1. The van der Waals surface area contributed by atoms with Crippen molar-refractivity contribution in [3.8, 4) is 11.8 Å². The zero-order valence-electron chi connectivity index (χ0n) is 19.1. The average Bonchev–Trinajstić information content (AvgIpc) is 3.37. The molecule has 2 aliphatic rings. The van der Waals surface area contributed by atoms with E-state index in [1.54, 1.807) is 12.1 Å². The quantitative estimate of drug-likeness (QED) is 0.478. The highest BCUT2D eigenvalue weighted by Crippen LogP contribution is 2.39. The third-order valence-corrected chi connectivity index (χ3v) is 6.56. The topological polar surface area (TPSA) is 132 Å². The first-order valence-corrected chi connectivity index (χ1v) is 11.6. The van der Waals surface area contributed by atoms with Crippen molar-refractivity contribution in [2.45, 2.75) is 62.8 Å². The van der Waals surface area contributed by atoms with E-state index < -0.39 is 37.1 Å². The first-order valence-electron chi connectivity index (χ1n) is 11.6. The summed E-state index contributed by atoms with van der Waals surface area (Å²) in [5, 5.41) is 50.8. The van der Waals surface area contributed by atoms with Gasteiger partial charge in [-0.25, -0.2) is 0 Å². The highest BCUT2D eigenvalue weighted by Gasteiger charge is 2.45. The van der Waals surface area contributed by atoms with Crippen LogP contribution < -0.4 is 4.74 Å². The van der Waals surface area contributed by atoms with Crippen LogP contribution >= 0.6 is 0 Å². The molecular weight excluding hydrogens is 438 g/mol. The van der Waals surface area contributed by atoms with E-state index in [9.17, 15) is 25.7 Å². The van der Waals surface area contributed by atoms with Gasteiger partial charge >= 0.3 is 0 Å². The van der Waals surface area contributed by atoms with E-state index in [1.807, 2.05) is 12.1 Å². The lowest BCUT2D eigenvalue weighted by Gasteiger charge is -2.40. The van der Waals surface area contributed by atoms with E-state index in [0.717, 1.165) is 12.0 Å². The molecule has 8 heteroatoms. The molecule has 0 amide bonds. The van der Waals surface area contributed by atoms with Crippen molar-refractivity contribution < 1.29 is 34.6 Å². The van der Waals surface area contributed by atoms with Crippen LogP contribution in [0.2, 0.25) is 0 Å². The summed E-state index contributed by atoms with van der Waals surface area (Å²) in [6.45, 7) is 2.53. The molecule has 0 bridgehead atoms. The molecule has 2 aromatic rings. The molecule has 2 heterocycles. The Balaban J connectivity index is 1.74. The molecule has 2 fully saturated rings. The van der Waals surface area contributed by atoms with Crippen LogP contribution in [0.3, 0.4) is 0 Å². The fourth-order valence-electron chi connectivity index (χ4n) is 4.48. The summed E-state index contributed by atoms with van der Waals surface area (Å²) in [5.74, 6) is 0.349. The average molecular weight is 470 g/mol. The molecule has 6 atom stereocenters. The van der Waals surface area contributed by atoms with Crippen LogP contribution in [0.4, 0.5) is 0 Å². The number of ether oxygens (including phenoxy) is 3. The van der Waals surface area contributed by atoms with Gasteiger partial charge in [-0.1, -0.05) is 31.2 Å². The van der Waals surface area contributed by atoms with Gasteiger partial charge in [0, 0.05) is 12.0 Å². The summed E-state index contributed by atoms with van der Waals surface area (Å²) >= 11 is 0. The molecule has 0 unspecified atom stereocenters. The van der Waals surface area contributed by atoms with Crippen molar-refractivity contribution in [2.24, 2.45) is 0 Å². The second-order valence-electron chi connectivity index (χ2n) is 8.86. The van der Waals surface area contributed by atoms with E-state index in [-0.39, 0.29) is 6.10 Å². The number of rotatable bonds is 7. The maximum atomic E-state index is 10.8. The minimum absolute atomic E-state index is 0.220. The van der Waals surface area contributed by atoms with Crippen LogP contribution in [-0.4, -0.2) is 70.8 Å². The molecule has 0 saturated carbocycles. The molecule has 8 nitrogen and oxygen atoms in total. The van der Waals surface area contributed by atoms with Gasteiger partial charge in [0.2, 0.25) is 0 Å². The van der Waals surface area contributed by atoms with E-state index in [1.165, 1.54) is 5.56 Å². The fourth-order valence-corrected chi connectivity index (χ4v) is 4.48. The van der Waals surface area contributed by atoms with Crippen LogP contribution in [0.25, 0.3) is 0 Å². The molecule has 4 N–H and O–H groups in total.